The summed E-state index contributed by atoms with van der Waals surface area (Å²) in [5.74, 6) is 0.719. The third kappa shape index (κ3) is 3.06. The van der Waals surface area contributed by atoms with Crippen LogP contribution in [0.15, 0.2) is 18.7 Å². The maximum atomic E-state index is 12.0. The van der Waals surface area contributed by atoms with Crippen LogP contribution in [0.25, 0.3) is 0 Å². The number of imidazole rings is 1. The molecule has 5 heteroatoms. The van der Waals surface area contributed by atoms with Gasteiger partial charge in [0.2, 0.25) is 0 Å². The Balaban J connectivity index is 1.85. The molecule has 1 aromatic heterocycles. The van der Waals surface area contributed by atoms with Gasteiger partial charge in [-0.15, -0.1) is 0 Å². The van der Waals surface area contributed by atoms with Gasteiger partial charge >= 0.3 is 6.03 Å². The molecule has 1 aromatic rings. The molecule has 0 bridgehead atoms. The van der Waals surface area contributed by atoms with Crippen LogP contribution in [0.3, 0.4) is 0 Å². The topological polar surface area (TPSA) is 41.4 Å². The van der Waals surface area contributed by atoms with Gasteiger partial charge in [0.15, 0.2) is 0 Å². The molecule has 0 radical (unpaired) electrons. The van der Waals surface area contributed by atoms with Crippen molar-refractivity contribution in [3.8, 4) is 0 Å². The molecule has 0 N–H and O–H groups in total. The Kier molecular flexibility index (Phi) is 3.78. The van der Waals surface area contributed by atoms with E-state index in [0.717, 1.165) is 38.4 Å². The van der Waals surface area contributed by atoms with Crippen LogP contribution in [-0.2, 0) is 0 Å². The van der Waals surface area contributed by atoms with E-state index in [0.29, 0.717) is 0 Å². The normalized spacial score (nSPS) is 17.7. The Morgan fingerprint density at radius 2 is 2.12 bits per heavy atom. The molecule has 2 rings (SSSR count). The van der Waals surface area contributed by atoms with E-state index in [2.05, 4.69) is 24.0 Å². The summed E-state index contributed by atoms with van der Waals surface area (Å²) in [7, 11) is 4.20. The molecule has 1 aliphatic rings. The Morgan fingerprint density at radius 3 is 2.65 bits per heavy atom. The Morgan fingerprint density at radius 1 is 1.41 bits per heavy atom. The number of rotatable bonds is 2. The van der Waals surface area contributed by atoms with Crippen LogP contribution in [0.1, 0.15) is 12.8 Å². The SMILES string of the molecule is CN(C)CC1CCN(C(=O)n2ccnc2)CC1. The largest absolute Gasteiger partial charge is 0.329 e. The monoisotopic (exact) mass is 236 g/mol. The smallest absolute Gasteiger partial charge is 0.324 e. The molecule has 2 heterocycles. The zero-order chi connectivity index (χ0) is 12.3. The molecular weight excluding hydrogens is 216 g/mol. The number of carbonyl (C=O) groups excluding carboxylic acids is 1. The average molecular weight is 236 g/mol. The van der Waals surface area contributed by atoms with E-state index in [4.69, 9.17) is 0 Å². The van der Waals surface area contributed by atoms with E-state index in [1.807, 2.05) is 4.90 Å². The molecule has 94 valence electrons. The van der Waals surface area contributed by atoms with Crippen LogP contribution in [0.5, 0.6) is 0 Å². The number of nitrogens with zero attached hydrogens (tertiary/aromatic N) is 4. The van der Waals surface area contributed by atoms with Gasteiger partial charge in [-0.3, -0.25) is 4.57 Å². The number of hydrogen-bond acceptors (Lipinski definition) is 3. The molecule has 1 saturated heterocycles. The maximum absolute atomic E-state index is 12.0. The van der Waals surface area contributed by atoms with Crippen LogP contribution in [0.2, 0.25) is 0 Å². The lowest BCUT2D eigenvalue weighted by Gasteiger charge is -2.33. The van der Waals surface area contributed by atoms with E-state index in [1.54, 1.807) is 23.3 Å². The Bertz CT molecular complexity index is 353. The number of hydrogen-bond donors (Lipinski definition) is 0. The van der Waals surface area contributed by atoms with Crippen molar-refractivity contribution in [2.45, 2.75) is 12.8 Å². The summed E-state index contributed by atoms with van der Waals surface area (Å²) < 4.78 is 1.55. The fourth-order valence-corrected chi connectivity index (χ4v) is 2.36. The highest BCUT2D eigenvalue weighted by molar-refractivity contribution is 5.76. The van der Waals surface area contributed by atoms with Crippen LogP contribution in [-0.4, -0.2) is 59.1 Å². The van der Waals surface area contributed by atoms with Crippen molar-refractivity contribution < 1.29 is 4.79 Å². The summed E-state index contributed by atoms with van der Waals surface area (Å²) in [4.78, 5) is 20.1. The van der Waals surface area contributed by atoms with E-state index in [1.165, 1.54) is 0 Å². The molecule has 1 aliphatic heterocycles. The predicted octanol–water partition coefficient (Wildman–Crippen LogP) is 1.12. The standard InChI is InChI=1S/C12H20N4O/c1-14(2)9-11-3-6-15(7-4-11)12(17)16-8-5-13-10-16/h5,8,10-11H,3-4,6-7,9H2,1-2H3. The molecular formula is C12H20N4O. The van der Waals surface area contributed by atoms with Gasteiger partial charge in [0, 0.05) is 32.0 Å². The molecule has 0 spiro atoms. The predicted molar refractivity (Wildman–Crippen MR) is 65.9 cm³/mol. The quantitative estimate of drug-likeness (QED) is 0.773. The number of amides is 1. The second-order valence-corrected chi connectivity index (χ2v) is 4.95. The first-order valence-corrected chi connectivity index (χ1v) is 6.09. The zero-order valence-corrected chi connectivity index (χ0v) is 10.5. The van der Waals surface area contributed by atoms with E-state index in [9.17, 15) is 4.79 Å². The first-order valence-electron chi connectivity index (χ1n) is 6.09. The van der Waals surface area contributed by atoms with Gasteiger partial charge in [-0.25, -0.2) is 9.78 Å². The first-order chi connectivity index (χ1) is 8.16. The molecule has 1 fully saturated rings. The van der Waals surface area contributed by atoms with Crippen LogP contribution in [0, 0.1) is 5.92 Å². The number of carbonyl (C=O) groups is 1. The number of likely N-dealkylation sites (tertiary alicyclic amines) is 1. The summed E-state index contributed by atoms with van der Waals surface area (Å²) in [6.07, 6.45) is 7.09. The molecule has 0 aromatic carbocycles. The molecule has 0 saturated carbocycles. The minimum atomic E-state index is 0.0470. The molecule has 0 aliphatic carbocycles. The van der Waals surface area contributed by atoms with Gasteiger partial charge in [-0.1, -0.05) is 0 Å². The Hall–Kier alpha value is -1.36. The lowest BCUT2D eigenvalue weighted by molar-refractivity contribution is 0.161. The van der Waals surface area contributed by atoms with Crippen molar-refractivity contribution in [1.82, 2.24) is 19.4 Å². The Labute approximate surface area is 102 Å². The van der Waals surface area contributed by atoms with Gasteiger partial charge in [0.1, 0.15) is 6.33 Å². The van der Waals surface area contributed by atoms with Crippen molar-refractivity contribution in [3.05, 3.63) is 18.7 Å². The van der Waals surface area contributed by atoms with Gasteiger partial charge < -0.3 is 9.80 Å². The van der Waals surface area contributed by atoms with Crippen LogP contribution >= 0.6 is 0 Å². The average Bonchev–Trinajstić information content (AvgIpc) is 2.82. The van der Waals surface area contributed by atoms with Crippen molar-refractivity contribution in [3.63, 3.8) is 0 Å². The third-order valence-corrected chi connectivity index (χ3v) is 3.23. The summed E-state index contributed by atoms with van der Waals surface area (Å²) in [5, 5.41) is 0. The van der Waals surface area contributed by atoms with Gasteiger partial charge in [-0.2, -0.15) is 0 Å². The molecule has 0 atom stereocenters. The first kappa shape index (κ1) is 12.1. The van der Waals surface area contributed by atoms with Gasteiger partial charge in [0.25, 0.3) is 0 Å². The second-order valence-electron chi connectivity index (χ2n) is 4.95. The van der Waals surface area contributed by atoms with Crippen molar-refractivity contribution in [1.29, 1.82) is 0 Å². The minimum Gasteiger partial charge on any atom is -0.324 e. The van der Waals surface area contributed by atoms with Crippen molar-refractivity contribution in [2.24, 2.45) is 5.92 Å². The van der Waals surface area contributed by atoms with Crippen molar-refractivity contribution in [2.75, 3.05) is 33.7 Å². The number of aromatic nitrogens is 2. The highest BCUT2D eigenvalue weighted by Gasteiger charge is 2.23. The second kappa shape index (κ2) is 5.31. The summed E-state index contributed by atoms with van der Waals surface area (Å²) in [5.41, 5.74) is 0. The van der Waals surface area contributed by atoms with Crippen LogP contribution in [0.4, 0.5) is 4.79 Å². The van der Waals surface area contributed by atoms with Crippen molar-refractivity contribution >= 4 is 6.03 Å². The van der Waals surface area contributed by atoms with E-state index in [-0.39, 0.29) is 6.03 Å². The summed E-state index contributed by atoms with van der Waals surface area (Å²) >= 11 is 0. The fraction of sp³-hybridized carbons (Fsp3) is 0.667. The summed E-state index contributed by atoms with van der Waals surface area (Å²) in [6, 6.07) is 0.0470. The molecule has 5 nitrogen and oxygen atoms in total. The number of piperidine rings is 1. The third-order valence-electron chi connectivity index (χ3n) is 3.23. The minimum absolute atomic E-state index is 0.0470. The van der Waals surface area contributed by atoms with Gasteiger partial charge in [0.05, 0.1) is 0 Å². The van der Waals surface area contributed by atoms with Crippen LogP contribution < -0.4 is 0 Å². The highest BCUT2D eigenvalue weighted by atomic mass is 16.2. The lowest BCUT2D eigenvalue weighted by Crippen LogP contribution is -2.42. The van der Waals surface area contributed by atoms with E-state index >= 15 is 0 Å². The zero-order valence-electron chi connectivity index (χ0n) is 10.5. The maximum Gasteiger partial charge on any atom is 0.329 e. The molecule has 17 heavy (non-hydrogen) atoms. The fourth-order valence-electron chi connectivity index (χ4n) is 2.36. The highest BCUT2D eigenvalue weighted by Crippen LogP contribution is 2.18. The molecule has 0 unspecified atom stereocenters. The molecule has 1 amide bonds. The lowest BCUT2D eigenvalue weighted by atomic mass is 9.97. The van der Waals surface area contributed by atoms with E-state index < -0.39 is 0 Å². The van der Waals surface area contributed by atoms with Gasteiger partial charge in [-0.05, 0) is 32.9 Å². The summed E-state index contributed by atoms with van der Waals surface area (Å²) in [6.45, 7) is 2.83.